The molecule has 0 saturated heterocycles. The van der Waals surface area contributed by atoms with Crippen molar-refractivity contribution in [3.8, 4) is 11.5 Å². The molecule has 2 N–H and O–H groups in total. The predicted molar refractivity (Wildman–Crippen MR) is 96.3 cm³/mol. The van der Waals surface area contributed by atoms with Gasteiger partial charge >= 0.3 is 0 Å². The van der Waals surface area contributed by atoms with Gasteiger partial charge in [-0.05, 0) is 30.8 Å². The molecule has 0 saturated carbocycles. The maximum Gasteiger partial charge on any atom is 0.175 e. The number of halogens is 1. The quantitative estimate of drug-likeness (QED) is 0.783. The molecule has 0 spiro atoms. The van der Waals surface area contributed by atoms with Crippen LogP contribution in [-0.2, 0) is 4.74 Å². The minimum absolute atomic E-state index is 0.435. The first-order valence-electron chi connectivity index (χ1n) is 7.01. The molecule has 1 aliphatic rings. The van der Waals surface area contributed by atoms with Crippen LogP contribution < -0.4 is 20.1 Å². The lowest BCUT2D eigenvalue weighted by Crippen LogP contribution is -2.28. The van der Waals surface area contributed by atoms with Gasteiger partial charge in [-0.3, -0.25) is 0 Å². The van der Waals surface area contributed by atoms with Crippen LogP contribution >= 0.6 is 23.8 Å². The molecule has 1 aliphatic carbocycles. The van der Waals surface area contributed by atoms with E-state index < -0.39 is 0 Å². The zero-order chi connectivity index (χ0) is 16.8. The lowest BCUT2D eigenvalue weighted by molar-refractivity contribution is 0.275. The van der Waals surface area contributed by atoms with Gasteiger partial charge in [0, 0.05) is 18.2 Å². The molecule has 1 aromatic rings. The number of anilines is 1. The highest BCUT2D eigenvalue weighted by molar-refractivity contribution is 7.80. The van der Waals surface area contributed by atoms with Crippen LogP contribution in [0.25, 0.3) is 0 Å². The van der Waals surface area contributed by atoms with Gasteiger partial charge in [0.25, 0.3) is 0 Å². The van der Waals surface area contributed by atoms with Crippen molar-refractivity contribution < 1.29 is 14.2 Å². The molecule has 0 atom stereocenters. The Morgan fingerprint density at radius 1 is 1.09 bits per heavy atom. The van der Waals surface area contributed by atoms with E-state index in [-0.39, 0.29) is 0 Å². The summed E-state index contributed by atoms with van der Waals surface area (Å²) in [4.78, 5) is 0. The van der Waals surface area contributed by atoms with Crippen molar-refractivity contribution in [2.75, 3.05) is 26.6 Å². The SMILES string of the molecule is COC1=CC(NC(=S)Nc2cc(Cl)c(OC)cc2OC)=CCC1. The first kappa shape index (κ1) is 17.4. The maximum absolute atomic E-state index is 6.15. The molecule has 1 aromatic carbocycles. The number of nitrogens with one attached hydrogen (secondary N) is 2. The summed E-state index contributed by atoms with van der Waals surface area (Å²) in [5.74, 6) is 2.04. The van der Waals surface area contributed by atoms with Crippen LogP contribution in [0, 0.1) is 0 Å². The van der Waals surface area contributed by atoms with E-state index in [1.54, 1.807) is 33.5 Å². The molecule has 2 rings (SSSR count). The number of benzene rings is 1. The first-order valence-corrected chi connectivity index (χ1v) is 7.80. The van der Waals surface area contributed by atoms with E-state index >= 15 is 0 Å². The summed E-state index contributed by atoms with van der Waals surface area (Å²) in [7, 11) is 4.78. The van der Waals surface area contributed by atoms with E-state index in [2.05, 4.69) is 16.7 Å². The van der Waals surface area contributed by atoms with Gasteiger partial charge in [0.05, 0.1) is 37.8 Å². The summed E-state index contributed by atoms with van der Waals surface area (Å²) in [6.45, 7) is 0. The Bertz CT molecular complexity index is 659. The van der Waals surface area contributed by atoms with Crippen molar-refractivity contribution in [3.05, 3.63) is 40.8 Å². The van der Waals surface area contributed by atoms with Gasteiger partial charge in [-0.25, -0.2) is 0 Å². The summed E-state index contributed by atoms with van der Waals surface area (Å²) in [5, 5.41) is 7.11. The number of hydrogen-bond donors (Lipinski definition) is 2. The third-order valence-electron chi connectivity index (χ3n) is 3.31. The van der Waals surface area contributed by atoms with Gasteiger partial charge in [-0.15, -0.1) is 0 Å². The van der Waals surface area contributed by atoms with Gasteiger partial charge < -0.3 is 24.8 Å². The molecule has 0 aliphatic heterocycles. The monoisotopic (exact) mass is 354 g/mol. The average Bonchev–Trinajstić information content (AvgIpc) is 2.55. The summed E-state index contributed by atoms with van der Waals surface area (Å²) < 4.78 is 15.8. The Kier molecular flexibility index (Phi) is 6.12. The predicted octanol–water partition coefficient (Wildman–Crippen LogP) is 3.85. The fourth-order valence-corrected chi connectivity index (χ4v) is 2.63. The molecule has 23 heavy (non-hydrogen) atoms. The molecule has 0 heterocycles. The summed E-state index contributed by atoms with van der Waals surface area (Å²) in [6.07, 6.45) is 5.79. The van der Waals surface area contributed by atoms with Gasteiger partial charge in [-0.1, -0.05) is 17.7 Å². The van der Waals surface area contributed by atoms with Crippen LogP contribution in [0.3, 0.4) is 0 Å². The van der Waals surface area contributed by atoms with Crippen LogP contribution in [0.4, 0.5) is 5.69 Å². The number of hydrogen-bond acceptors (Lipinski definition) is 4. The topological polar surface area (TPSA) is 51.8 Å². The van der Waals surface area contributed by atoms with Crippen LogP contribution in [0.15, 0.2) is 35.7 Å². The Labute approximate surface area is 146 Å². The number of allylic oxidation sites excluding steroid dienone is 3. The smallest absolute Gasteiger partial charge is 0.175 e. The van der Waals surface area contributed by atoms with E-state index in [0.717, 1.165) is 24.3 Å². The molecule has 0 fully saturated rings. The Morgan fingerprint density at radius 3 is 2.48 bits per heavy atom. The number of thiocarbonyl (C=S) groups is 1. The average molecular weight is 355 g/mol. The lowest BCUT2D eigenvalue weighted by Gasteiger charge is -2.17. The second kappa shape index (κ2) is 8.08. The Balaban J connectivity index is 2.10. The molecule has 0 bridgehead atoms. The second-order valence-corrected chi connectivity index (χ2v) is 5.59. The van der Waals surface area contributed by atoms with Crippen molar-refractivity contribution in [1.29, 1.82) is 0 Å². The Morgan fingerprint density at radius 2 is 1.83 bits per heavy atom. The third kappa shape index (κ3) is 4.53. The minimum Gasteiger partial charge on any atom is -0.501 e. The molecule has 7 heteroatoms. The number of rotatable bonds is 5. The van der Waals surface area contributed by atoms with Crippen molar-refractivity contribution >= 4 is 34.6 Å². The molecule has 0 aromatic heterocycles. The number of methoxy groups -OCH3 is 3. The molecule has 0 amide bonds. The van der Waals surface area contributed by atoms with Crippen molar-refractivity contribution in [3.63, 3.8) is 0 Å². The summed E-state index contributed by atoms with van der Waals surface area (Å²) >= 11 is 11.5. The minimum atomic E-state index is 0.435. The Hall–Kier alpha value is -1.92. The standard InChI is InChI=1S/C16H19ClN2O3S/c1-20-11-6-4-5-10(7-11)18-16(23)19-13-8-12(17)14(21-2)9-15(13)22-3/h5,7-9H,4,6H2,1-3H3,(H2,18,19,23). The van der Waals surface area contributed by atoms with Gasteiger partial charge in [0.1, 0.15) is 11.5 Å². The van der Waals surface area contributed by atoms with Crippen LogP contribution in [0.5, 0.6) is 11.5 Å². The van der Waals surface area contributed by atoms with Crippen LogP contribution in [-0.4, -0.2) is 26.4 Å². The molecule has 124 valence electrons. The first-order chi connectivity index (χ1) is 11.1. The maximum atomic E-state index is 6.15. The van der Waals surface area contributed by atoms with E-state index in [1.807, 2.05) is 6.08 Å². The normalized spacial score (nSPS) is 13.6. The van der Waals surface area contributed by atoms with Crippen LogP contribution in [0.1, 0.15) is 12.8 Å². The molecule has 0 radical (unpaired) electrons. The lowest BCUT2D eigenvalue weighted by atomic mass is 10.1. The van der Waals surface area contributed by atoms with Crippen molar-refractivity contribution in [1.82, 2.24) is 5.32 Å². The molecular weight excluding hydrogens is 336 g/mol. The van der Waals surface area contributed by atoms with E-state index in [0.29, 0.717) is 27.3 Å². The fraction of sp³-hybridized carbons (Fsp3) is 0.312. The second-order valence-electron chi connectivity index (χ2n) is 4.78. The van der Waals surface area contributed by atoms with E-state index in [4.69, 9.17) is 38.0 Å². The molecule has 0 unspecified atom stereocenters. The highest BCUT2D eigenvalue weighted by Crippen LogP contribution is 2.35. The van der Waals surface area contributed by atoms with Gasteiger partial charge in [0.15, 0.2) is 5.11 Å². The number of ether oxygens (including phenoxy) is 3. The highest BCUT2D eigenvalue weighted by atomic mass is 35.5. The van der Waals surface area contributed by atoms with Crippen molar-refractivity contribution in [2.45, 2.75) is 12.8 Å². The molecule has 5 nitrogen and oxygen atoms in total. The zero-order valence-electron chi connectivity index (χ0n) is 13.2. The van der Waals surface area contributed by atoms with E-state index in [1.165, 1.54) is 0 Å². The molecular formula is C16H19ClN2O3S. The highest BCUT2D eigenvalue weighted by Gasteiger charge is 2.12. The largest absolute Gasteiger partial charge is 0.501 e. The van der Waals surface area contributed by atoms with Crippen molar-refractivity contribution in [2.24, 2.45) is 0 Å². The summed E-state index contributed by atoms with van der Waals surface area (Å²) in [5.41, 5.74) is 1.55. The fourth-order valence-electron chi connectivity index (χ4n) is 2.16. The van der Waals surface area contributed by atoms with Gasteiger partial charge in [-0.2, -0.15) is 0 Å². The van der Waals surface area contributed by atoms with E-state index in [9.17, 15) is 0 Å². The zero-order valence-corrected chi connectivity index (χ0v) is 14.8. The van der Waals surface area contributed by atoms with Gasteiger partial charge in [0.2, 0.25) is 0 Å². The third-order valence-corrected chi connectivity index (χ3v) is 3.81. The van der Waals surface area contributed by atoms with Crippen LogP contribution in [0.2, 0.25) is 5.02 Å². The summed E-state index contributed by atoms with van der Waals surface area (Å²) in [6, 6.07) is 3.41.